The lowest BCUT2D eigenvalue weighted by Crippen LogP contribution is -2.25. The minimum absolute atomic E-state index is 0.0391. The molecule has 5 heteroatoms. The zero-order valence-corrected chi connectivity index (χ0v) is 10.1. The maximum absolute atomic E-state index is 11.7. The predicted molar refractivity (Wildman–Crippen MR) is 65.3 cm³/mol. The topological polar surface area (TPSA) is 47.6 Å². The largest absolute Gasteiger partial charge is 0.497 e. The van der Waals surface area contributed by atoms with E-state index < -0.39 is 0 Å². The second-order valence-electron chi connectivity index (χ2n) is 3.81. The summed E-state index contributed by atoms with van der Waals surface area (Å²) in [6.45, 7) is 0.645. The molecule has 0 aromatic heterocycles. The van der Waals surface area contributed by atoms with Crippen molar-refractivity contribution in [3.63, 3.8) is 0 Å². The Kier molecular flexibility index (Phi) is 2.57. The SMILES string of the molecule is COc1ccc2c(c1)SC1=C(COCC1=O)N2. The van der Waals surface area contributed by atoms with Crippen molar-refractivity contribution in [2.45, 2.75) is 4.90 Å². The molecule has 1 N–H and O–H groups in total. The van der Waals surface area contributed by atoms with Crippen LogP contribution in [0.3, 0.4) is 0 Å². The quantitative estimate of drug-likeness (QED) is 0.825. The molecule has 0 saturated heterocycles. The number of hydrogen-bond donors (Lipinski definition) is 1. The summed E-state index contributed by atoms with van der Waals surface area (Å²) in [4.78, 5) is 13.5. The normalized spacial score (nSPS) is 18.3. The van der Waals surface area contributed by atoms with Crippen molar-refractivity contribution in [3.8, 4) is 5.75 Å². The van der Waals surface area contributed by atoms with Crippen LogP contribution in [0.1, 0.15) is 0 Å². The minimum Gasteiger partial charge on any atom is -0.497 e. The van der Waals surface area contributed by atoms with Crippen LogP contribution >= 0.6 is 11.8 Å². The molecule has 0 radical (unpaired) electrons. The number of ether oxygens (including phenoxy) is 2. The monoisotopic (exact) mass is 249 g/mol. The van der Waals surface area contributed by atoms with Gasteiger partial charge in [-0.05, 0) is 18.2 Å². The molecule has 1 aromatic carbocycles. The first-order chi connectivity index (χ1) is 8.28. The van der Waals surface area contributed by atoms with Crippen molar-refractivity contribution in [1.82, 2.24) is 0 Å². The summed E-state index contributed by atoms with van der Waals surface area (Å²) in [7, 11) is 1.63. The average Bonchev–Trinajstić information content (AvgIpc) is 2.37. The third kappa shape index (κ3) is 1.81. The van der Waals surface area contributed by atoms with Crippen LogP contribution in [0.25, 0.3) is 0 Å². The van der Waals surface area contributed by atoms with Crippen molar-refractivity contribution >= 4 is 23.2 Å². The molecule has 0 fully saturated rings. The van der Waals surface area contributed by atoms with Gasteiger partial charge in [-0.3, -0.25) is 4.79 Å². The lowest BCUT2D eigenvalue weighted by atomic mass is 10.2. The summed E-state index contributed by atoms with van der Waals surface area (Å²) in [5, 5.41) is 3.24. The lowest BCUT2D eigenvalue weighted by molar-refractivity contribution is -0.120. The van der Waals surface area contributed by atoms with Crippen molar-refractivity contribution in [2.75, 3.05) is 25.6 Å². The average molecular weight is 249 g/mol. The fourth-order valence-electron chi connectivity index (χ4n) is 1.85. The Morgan fingerprint density at radius 1 is 1.41 bits per heavy atom. The Hall–Kier alpha value is -1.46. The van der Waals surface area contributed by atoms with Crippen LogP contribution in [0.15, 0.2) is 33.7 Å². The maximum Gasteiger partial charge on any atom is 0.196 e. The number of methoxy groups -OCH3 is 1. The standard InChI is InChI=1S/C12H11NO3S/c1-15-7-2-3-8-11(4-7)17-12-9(13-8)5-16-6-10(12)14/h2-4,13H,5-6H2,1H3. The molecule has 1 aromatic rings. The van der Waals surface area contributed by atoms with E-state index in [0.717, 1.165) is 26.9 Å². The highest BCUT2D eigenvalue weighted by Crippen LogP contribution is 2.42. The minimum atomic E-state index is 0.0391. The number of carbonyl (C=O) groups is 1. The van der Waals surface area contributed by atoms with Crippen LogP contribution in [0.2, 0.25) is 0 Å². The number of rotatable bonds is 1. The molecule has 0 spiro atoms. The van der Waals surface area contributed by atoms with Gasteiger partial charge in [0.25, 0.3) is 0 Å². The van der Waals surface area contributed by atoms with Gasteiger partial charge < -0.3 is 14.8 Å². The van der Waals surface area contributed by atoms with E-state index in [2.05, 4.69) is 5.32 Å². The molecule has 2 heterocycles. The van der Waals surface area contributed by atoms with Crippen molar-refractivity contribution in [2.24, 2.45) is 0 Å². The first-order valence-corrected chi connectivity index (χ1v) is 6.06. The molecule has 88 valence electrons. The summed E-state index contributed by atoms with van der Waals surface area (Å²) in [6, 6.07) is 5.77. The summed E-state index contributed by atoms with van der Waals surface area (Å²) >= 11 is 1.49. The number of nitrogens with one attached hydrogen (secondary N) is 1. The number of carbonyl (C=O) groups excluding carboxylic acids is 1. The number of anilines is 1. The van der Waals surface area contributed by atoms with Crippen LogP contribution in [-0.4, -0.2) is 26.1 Å². The van der Waals surface area contributed by atoms with Crippen molar-refractivity contribution in [3.05, 3.63) is 28.8 Å². The molecule has 0 aliphatic carbocycles. The Labute approximate surface area is 103 Å². The van der Waals surface area contributed by atoms with E-state index in [1.807, 2.05) is 18.2 Å². The highest BCUT2D eigenvalue weighted by Gasteiger charge is 2.27. The van der Waals surface area contributed by atoms with Gasteiger partial charge in [0.15, 0.2) is 5.78 Å². The van der Waals surface area contributed by atoms with E-state index in [4.69, 9.17) is 9.47 Å². The molecule has 0 amide bonds. The molecular weight excluding hydrogens is 238 g/mol. The number of ketones is 1. The molecule has 0 bridgehead atoms. The van der Waals surface area contributed by atoms with Gasteiger partial charge in [0, 0.05) is 4.90 Å². The molecule has 2 aliphatic rings. The van der Waals surface area contributed by atoms with E-state index in [1.54, 1.807) is 7.11 Å². The van der Waals surface area contributed by atoms with Crippen LogP contribution in [0.4, 0.5) is 5.69 Å². The Morgan fingerprint density at radius 2 is 2.29 bits per heavy atom. The summed E-state index contributed by atoms with van der Waals surface area (Å²) < 4.78 is 10.4. The summed E-state index contributed by atoms with van der Waals surface area (Å²) in [6.07, 6.45) is 0. The number of thioether (sulfide) groups is 1. The third-order valence-corrected chi connectivity index (χ3v) is 3.93. The van der Waals surface area contributed by atoms with Crippen LogP contribution in [0, 0.1) is 0 Å². The maximum atomic E-state index is 11.7. The molecule has 0 saturated carbocycles. The second kappa shape index (κ2) is 4.09. The molecule has 3 rings (SSSR count). The van der Waals surface area contributed by atoms with Crippen LogP contribution in [-0.2, 0) is 9.53 Å². The Morgan fingerprint density at radius 3 is 3.12 bits per heavy atom. The smallest absolute Gasteiger partial charge is 0.196 e. The van der Waals surface area contributed by atoms with Crippen LogP contribution in [0.5, 0.6) is 5.75 Å². The van der Waals surface area contributed by atoms with Gasteiger partial charge in [0.1, 0.15) is 12.4 Å². The van der Waals surface area contributed by atoms with E-state index >= 15 is 0 Å². The Balaban J connectivity index is 2.00. The number of fused-ring (bicyclic) bond motifs is 1. The lowest BCUT2D eigenvalue weighted by Gasteiger charge is -2.26. The third-order valence-electron chi connectivity index (χ3n) is 2.69. The van der Waals surface area contributed by atoms with Crippen LogP contribution < -0.4 is 10.1 Å². The highest BCUT2D eigenvalue weighted by molar-refractivity contribution is 8.04. The van der Waals surface area contributed by atoms with Gasteiger partial charge in [-0.15, -0.1) is 0 Å². The molecular formula is C12H11NO3S. The number of hydrogen-bond acceptors (Lipinski definition) is 5. The highest BCUT2D eigenvalue weighted by atomic mass is 32.2. The summed E-state index contributed by atoms with van der Waals surface area (Å²) in [5.41, 5.74) is 1.86. The second-order valence-corrected chi connectivity index (χ2v) is 4.87. The molecule has 0 atom stereocenters. The number of benzene rings is 1. The zero-order chi connectivity index (χ0) is 11.8. The van der Waals surface area contributed by atoms with Gasteiger partial charge in [-0.2, -0.15) is 0 Å². The van der Waals surface area contributed by atoms with E-state index in [0.29, 0.717) is 6.61 Å². The van der Waals surface area contributed by atoms with Gasteiger partial charge >= 0.3 is 0 Å². The predicted octanol–water partition coefficient (Wildman–Crippen LogP) is 2.02. The van der Waals surface area contributed by atoms with E-state index in [1.165, 1.54) is 11.8 Å². The molecule has 4 nitrogen and oxygen atoms in total. The van der Waals surface area contributed by atoms with Crippen molar-refractivity contribution in [1.29, 1.82) is 0 Å². The van der Waals surface area contributed by atoms with Crippen molar-refractivity contribution < 1.29 is 14.3 Å². The van der Waals surface area contributed by atoms with Gasteiger partial charge in [0.2, 0.25) is 0 Å². The Bertz CT molecular complexity index is 524. The molecule has 2 aliphatic heterocycles. The zero-order valence-electron chi connectivity index (χ0n) is 9.28. The van der Waals surface area contributed by atoms with E-state index in [9.17, 15) is 4.79 Å². The first kappa shape index (κ1) is 10.7. The summed E-state index contributed by atoms with van der Waals surface area (Å²) in [5.74, 6) is 0.832. The fraction of sp³-hybridized carbons (Fsp3) is 0.250. The fourth-order valence-corrected chi connectivity index (χ4v) is 2.88. The van der Waals surface area contributed by atoms with Gasteiger partial charge in [0.05, 0.1) is 30.0 Å². The van der Waals surface area contributed by atoms with E-state index in [-0.39, 0.29) is 12.4 Å². The molecule has 17 heavy (non-hydrogen) atoms. The van der Waals surface area contributed by atoms with Gasteiger partial charge in [-0.25, -0.2) is 0 Å². The number of Topliss-reactive ketones (excluding diaryl/α,β-unsaturated/α-hetero) is 1. The van der Waals surface area contributed by atoms with Gasteiger partial charge in [-0.1, -0.05) is 11.8 Å². The first-order valence-electron chi connectivity index (χ1n) is 5.25. The molecule has 0 unspecified atom stereocenters.